The average Bonchev–Trinajstić information content (AvgIpc) is 2.88. The smallest absolute Gasteiger partial charge is 0.0438 e. The average molecular weight is 287 g/mol. The molecule has 0 radical (unpaired) electrons. The van der Waals surface area contributed by atoms with Gasteiger partial charge in [0, 0.05) is 15.8 Å². The van der Waals surface area contributed by atoms with Crippen molar-refractivity contribution in [1.82, 2.24) is 5.32 Å². The first-order valence-corrected chi connectivity index (χ1v) is 8.25. The van der Waals surface area contributed by atoms with Crippen LogP contribution in [0.4, 0.5) is 0 Å². The van der Waals surface area contributed by atoms with Crippen molar-refractivity contribution < 1.29 is 0 Å². The van der Waals surface area contributed by atoms with Crippen LogP contribution in [-0.4, -0.2) is 6.54 Å². The van der Waals surface area contributed by atoms with Gasteiger partial charge >= 0.3 is 0 Å². The number of thiophene rings is 1. The van der Waals surface area contributed by atoms with Crippen LogP contribution >= 0.6 is 11.3 Å². The number of nitrogens with one attached hydrogen (secondary N) is 1. The summed E-state index contributed by atoms with van der Waals surface area (Å²) in [5.41, 5.74) is 4.06. The Morgan fingerprint density at radius 2 is 1.80 bits per heavy atom. The van der Waals surface area contributed by atoms with E-state index in [1.807, 2.05) is 11.3 Å². The van der Waals surface area contributed by atoms with Crippen molar-refractivity contribution in [2.75, 3.05) is 6.54 Å². The molecule has 20 heavy (non-hydrogen) atoms. The van der Waals surface area contributed by atoms with E-state index >= 15 is 0 Å². The van der Waals surface area contributed by atoms with E-state index in [-0.39, 0.29) is 0 Å². The number of benzene rings is 1. The summed E-state index contributed by atoms with van der Waals surface area (Å²) in [6.45, 7) is 12.1. The quantitative estimate of drug-likeness (QED) is 0.783. The van der Waals surface area contributed by atoms with Gasteiger partial charge in [0.05, 0.1) is 0 Å². The molecule has 0 amide bonds. The lowest BCUT2D eigenvalue weighted by atomic mass is 10.0. The Bertz CT molecular complexity index is 569. The van der Waals surface area contributed by atoms with E-state index in [0.29, 0.717) is 12.0 Å². The first kappa shape index (κ1) is 15.3. The van der Waals surface area contributed by atoms with E-state index in [0.717, 1.165) is 6.54 Å². The van der Waals surface area contributed by atoms with Crippen LogP contribution in [0.5, 0.6) is 0 Å². The monoisotopic (exact) mass is 287 g/mol. The fourth-order valence-corrected chi connectivity index (χ4v) is 3.71. The van der Waals surface area contributed by atoms with Gasteiger partial charge in [0.1, 0.15) is 0 Å². The second-order valence-corrected chi connectivity index (χ2v) is 6.90. The largest absolute Gasteiger partial charge is 0.309 e. The number of hydrogen-bond donors (Lipinski definition) is 1. The molecule has 0 bridgehead atoms. The molecule has 0 aliphatic heterocycles. The van der Waals surface area contributed by atoms with E-state index in [9.17, 15) is 0 Å². The summed E-state index contributed by atoms with van der Waals surface area (Å²) in [5.74, 6) is 0.612. The van der Waals surface area contributed by atoms with E-state index in [1.165, 1.54) is 26.4 Å². The van der Waals surface area contributed by atoms with Crippen LogP contribution in [0.1, 0.15) is 42.8 Å². The molecule has 2 aromatic rings. The van der Waals surface area contributed by atoms with Crippen molar-refractivity contribution in [3.63, 3.8) is 0 Å². The van der Waals surface area contributed by atoms with Crippen LogP contribution in [0.25, 0.3) is 10.4 Å². The van der Waals surface area contributed by atoms with Gasteiger partial charge in [-0.05, 0) is 55.1 Å². The van der Waals surface area contributed by atoms with Crippen LogP contribution in [0.15, 0.2) is 30.3 Å². The van der Waals surface area contributed by atoms with Gasteiger partial charge in [0.15, 0.2) is 0 Å². The Labute approximate surface area is 127 Å². The predicted molar refractivity (Wildman–Crippen MR) is 90.5 cm³/mol. The minimum absolute atomic E-state index is 0.463. The standard InChI is InChI=1S/C18H25NS/c1-6-19-18(12(2)3)17-10-9-16(20-17)15-8-7-13(4)14(5)11-15/h7-12,18-19H,6H2,1-5H3. The zero-order valence-electron chi connectivity index (χ0n) is 13.2. The molecule has 1 N–H and O–H groups in total. The summed E-state index contributed by atoms with van der Waals surface area (Å²) in [7, 11) is 0. The number of hydrogen-bond acceptors (Lipinski definition) is 2. The fraction of sp³-hybridized carbons (Fsp3) is 0.444. The van der Waals surface area contributed by atoms with Crippen LogP contribution < -0.4 is 5.32 Å². The molecule has 1 aromatic heterocycles. The summed E-state index contributed by atoms with van der Waals surface area (Å²) in [4.78, 5) is 2.81. The maximum absolute atomic E-state index is 3.59. The highest BCUT2D eigenvalue weighted by Crippen LogP contribution is 2.34. The van der Waals surface area contributed by atoms with Crippen molar-refractivity contribution in [2.45, 2.75) is 40.7 Å². The van der Waals surface area contributed by atoms with Gasteiger partial charge in [-0.3, -0.25) is 0 Å². The van der Waals surface area contributed by atoms with Crippen LogP contribution in [0.2, 0.25) is 0 Å². The minimum atomic E-state index is 0.463. The summed E-state index contributed by atoms with van der Waals surface area (Å²) in [5, 5.41) is 3.59. The van der Waals surface area contributed by atoms with E-state index in [4.69, 9.17) is 0 Å². The molecule has 0 saturated heterocycles. The topological polar surface area (TPSA) is 12.0 Å². The zero-order chi connectivity index (χ0) is 14.7. The van der Waals surface area contributed by atoms with Crippen molar-refractivity contribution in [1.29, 1.82) is 0 Å². The van der Waals surface area contributed by atoms with Gasteiger partial charge < -0.3 is 5.32 Å². The van der Waals surface area contributed by atoms with Crippen LogP contribution in [0.3, 0.4) is 0 Å². The Kier molecular flexibility index (Phi) is 5.00. The highest BCUT2D eigenvalue weighted by Gasteiger charge is 2.17. The maximum Gasteiger partial charge on any atom is 0.0438 e. The number of rotatable bonds is 5. The lowest BCUT2D eigenvalue weighted by Gasteiger charge is -2.20. The third kappa shape index (κ3) is 3.31. The molecule has 0 spiro atoms. The summed E-state index contributed by atoms with van der Waals surface area (Å²) in [6, 6.07) is 11.7. The Hall–Kier alpha value is -1.12. The van der Waals surface area contributed by atoms with Crippen molar-refractivity contribution in [3.8, 4) is 10.4 Å². The second-order valence-electron chi connectivity index (χ2n) is 5.78. The highest BCUT2D eigenvalue weighted by atomic mass is 32.1. The zero-order valence-corrected chi connectivity index (χ0v) is 14.0. The first-order valence-electron chi connectivity index (χ1n) is 7.43. The van der Waals surface area contributed by atoms with Gasteiger partial charge in [-0.2, -0.15) is 0 Å². The molecule has 108 valence electrons. The van der Waals surface area contributed by atoms with Crippen molar-refractivity contribution in [2.24, 2.45) is 5.92 Å². The molecule has 1 atom stereocenters. The SMILES string of the molecule is CCNC(c1ccc(-c2ccc(C)c(C)c2)s1)C(C)C. The van der Waals surface area contributed by atoms with Crippen LogP contribution in [0, 0.1) is 19.8 Å². The normalized spacial score (nSPS) is 12.9. The van der Waals surface area contributed by atoms with Gasteiger partial charge in [0.25, 0.3) is 0 Å². The molecule has 2 rings (SSSR count). The molecule has 0 saturated carbocycles. The molecule has 1 unspecified atom stereocenters. The molecule has 1 aromatic carbocycles. The van der Waals surface area contributed by atoms with Crippen molar-refractivity contribution >= 4 is 11.3 Å². The Morgan fingerprint density at radius 1 is 1.05 bits per heavy atom. The minimum Gasteiger partial charge on any atom is -0.309 e. The molecular weight excluding hydrogens is 262 g/mol. The molecule has 0 aliphatic carbocycles. The van der Waals surface area contributed by atoms with Gasteiger partial charge in [-0.1, -0.05) is 39.0 Å². The second kappa shape index (κ2) is 6.55. The highest BCUT2D eigenvalue weighted by molar-refractivity contribution is 7.15. The molecule has 2 heteroatoms. The Morgan fingerprint density at radius 3 is 2.40 bits per heavy atom. The summed E-state index contributed by atoms with van der Waals surface area (Å²) in [6.07, 6.45) is 0. The molecule has 0 fully saturated rings. The van der Waals surface area contributed by atoms with Crippen LogP contribution in [-0.2, 0) is 0 Å². The fourth-order valence-electron chi connectivity index (χ4n) is 2.45. The van der Waals surface area contributed by atoms with Gasteiger partial charge in [0.2, 0.25) is 0 Å². The van der Waals surface area contributed by atoms with Crippen molar-refractivity contribution in [3.05, 3.63) is 46.3 Å². The lowest BCUT2D eigenvalue weighted by molar-refractivity contribution is 0.428. The first-order chi connectivity index (χ1) is 9.52. The number of aryl methyl sites for hydroxylation is 2. The Balaban J connectivity index is 2.29. The van der Waals surface area contributed by atoms with E-state index in [1.54, 1.807) is 0 Å². The van der Waals surface area contributed by atoms with Gasteiger partial charge in [-0.15, -0.1) is 11.3 Å². The maximum atomic E-state index is 3.59. The summed E-state index contributed by atoms with van der Waals surface area (Å²) < 4.78 is 0. The molecule has 0 aliphatic rings. The van der Waals surface area contributed by atoms with E-state index in [2.05, 4.69) is 70.3 Å². The third-order valence-corrected chi connectivity index (χ3v) is 5.03. The molecule has 1 nitrogen and oxygen atoms in total. The lowest BCUT2D eigenvalue weighted by Crippen LogP contribution is -2.24. The molecule has 1 heterocycles. The predicted octanol–water partition coefficient (Wildman–Crippen LogP) is 5.34. The molecular formula is C18H25NS. The summed E-state index contributed by atoms with van der Waals surface area (Å²) >= 11 is 1.91. The van der Waals surface area contributed by atoms with E-state index < -0.39 is 0 Å². The van der Waals surface area contributed by atoms with Gasteiger partial charge in [-0.25, -0.2) is 0 Å². The third-order valence-electron chi connectivity index (χ3n) is 3.82.